The molecule has 0 unspecified atom stereocenters. The van der Waals surface area contributed by atoms with E-state index in [0.29, 0.717) is 0 Å². The topological polar surface area (TPSA) is 12.9 Å². The first kappa shape index (κ1) is 13.2. The predicted octanol–water partition coefficient (Wildman–Crippen LogP) is 3.85. The molecule has 0 bridgehead atoms. The second-order valence-electron chi connectivity index (χ2n) is 4.99. The molecule has 0 saturated carbocycles. The molecule has 93 valence electrons. The zero-order chi connectivity index (χ0) is 11.9. The van der Waals surface area contributed by atoms with E-state index in [0.717, 1.165) is 11.3 Å². The Morgan fingerprint density at radius 2 is 2.06 bits per heavy atom. The van der Waals surface area contributed by atoms with Crippen LogP contribution in [0.5, 0.6) is 0 Å². The summed E-state index contributed by atoms with van der Waals surface area (Å²) in [5, 5.41) is 0. The SMILES string of the molecule is CC1(C)C=Cc2cc(-c3ccccn3)[c-]cc21.[Ir]. The van der Waals surface area contributed by atoms with Gasteiger partial charge in [-0.1, -0.05) is 38.1 Å². The van der Waals surface area contributed by atoms with Gasteiger partial charge in [0.25, 0.3) is 0 Å². The molecule has 1 aromatic carbocycles. The molecule has 0 amide bonds. The predicted molar refractivity (Wildman–Crippen MR) is 70.6 cm³/mol. The van der Waals surface area contributed by atoms with Gasteiger partial charge in [-0.15, -0.1) is 34.9 Å². The third kappa shape index (κ3) is 2.19. The number of benzene rings is 1. The molecular weight excluding hydrogens is 398 g/mol. The third-order valence-electron chi connectivity index (χ3n) is 3.30. The van der Waals surface area contributed by atoms with Crippen molar-refractivity contribution in [2.45, 2.75) is 19.3 Å². The first-order valence-electron chi connectivity index (χ1n) is 5.84. The number of nitrogens with zero attached hydrogens (tertiary/aromatic N) is 1. The van der Waals surface area contributed by atoms with Gasteiger partial charge in [-0.05, 0) is 17.2 Å². The van der Waals surface area contributed by atoms with E-state index in [-0.39, 0.29) is 25.5 Å². The van der Waals surface area contributed by atoms with Gasteiger partial charge in [0, 0.05) is 26.3 Å². The number of aromatic nitrogens is 1. The first-order chi connectivity index (χ1) is 8.17. The molecule has 18 heavy (non-hydrogen) atoms. The molecule has 2 heteroatoms. The second-order valence-corrected chi connectivity index (χ2v) is 4.99. The van der Waals surface area contributed by atoms with Crippen LogP contribution in [-0.2, 0) is 25.5 Å². The Bertz CT molecular complexity index is 585. The summed E-state index contributed by atoms with van der Waals surface area (Å²) in [7, 11) is 0. The molecule has 1 heterocycles. The minimum absolute atomic E-state index is 0. The Morgan fingerprint density at radius 1 is 1.22 bits per heavy atom. The maximum Gasteiger partial charge on any atom is 0.0160 e. The molecular formula is C16H14IrN-. The Labute approximate surface area is 121 Å². The molecule has 1 aliphatic carbocycles. The molecule has 0 aliphatic heterocycles. The Balaban J connectivity index is 0.00000120. The van der Waals surface area contributed by atoms with Crippen molar-refractivity contribution in [1.29, 1.82) is 0 Å². The van der Waals surface area contributed by atoms with E-state index in [1.165, 1.54) is 11.1 Å². The maximum absolute atomic E-state index is 4.36. The summed E-state index contributed by atoms with van der Waals surface area (Å²) < 4.78 is 0. The molecule has 0 spiro atoms. The molecule has 1 aromatic heterocycles. The van der Waals surface area contributed by atoms with Crippen LogP contribution >= 0.6 is 0 Å². The standard InChI is InChI=1S/C16H14N.Ir/c1-16(2)9-8-12-11-13(6-7-14(12)16)15-5-3-4-10-17-15;/h3-5,7-11H,1-2H3;/q-1;. The summed E-state index contributed by atoms with van der Waals surface area (Å²) in [5.41, 5.74) is 4.81. The molecule has 0 saturated heterocycles. The van der Waals surface area contributed by atoms with Crippen molar-refractivity contribution in [2.75, 3.05) is 0 Å². The molecule has 1 aliphatic rings. The molecule has 0 N–H and O–H groups in total. The Kier molecular flexibility index (Phi) is 3.52. The van der Waals surface area contributed by atoms with Gasteiger partial charge in [0.15, 0.2) is 0 Å². The molecule has 2 aromatic rings. The van der Waals surface area contributed by atoms with Crippen molar-refractivity contribution in [3.05, 3.63) is 59.8 Å². The van der Waals surface area contributed by atoms with Crippen molar-refractivity contribution >= 4 is 6.08 Å². The van der Waals surface area contributed by atoms with Crippen LogP contribution in [0.2, 0.25) is 0 Å². The second kappa shape index (κ2) is 4.79. The van der Waals surface area contributed by atoms with Crippen LogP contribution in [0.15, 0.2) is 42.6 Å². The van der Waals surface area contributed by atoms with E-state index in [1.807, 2.05) is 24.4 Å². The fourth-order valence-electron chi connectivity index (χ4n) is 2.26. The number of hydrogen-bond donors (Lipinski definition) is 0. The van der Waals surface area contributed by atoms with Gasteiger partial charge in [0.1, 0.15) is 0 Å². The van der Waals surface area contributed by atoms with Gasteiger partial charge in [0.2, 0.25) is 0 Å². The van der Waals surface area contributed by atoms with Gasteiger partial charge < -0.3 is 4.98 Å². The van der Waals surface area contributed by atoms with Crippen LogP contribution in [-0.4, -0.2) is 4.98 Å². The van der Waals surface area contributed by atoms with Gasteiger partial charge in [-0.2, -0.15) is 0 Å². The third-order valence-corrected chi connectivity index (χ3v) is 3.30. The monoisotopic (exact) mass is 413 g/mol. The van der Waals surface area contributed by atoms with Crippen molar-refractivity contribution in [2.24, 2.45) is 0 Å². The van der Waals surface area contributed by atoms with Crippen LogP contribution < -0.4 is 0 Å². The smallest absolute Gasteiger partial charge is 0.0160 e. The van der Waals surface area contributed by atoms with Crippen LogP contribution in [0.25, 0.3) is 17.3 Å². The summed E-state index contributed by atoms with van der Waals surface area (Å²) in [4.78, 5) is 4.36. The molecule has 3 rings (SSSR count). The molecule has 0 fully saturated rings. The van der Waals surface area contributed by atoms with E-state index in [1.54, 1.807) is 0 Å². The van der Waals surface area contributed by atoms with Crippen LogP contribution in [0.4, 0.5) is 0 Å². The van der Waals surface area contributed by atoms with Crippen molar-refractivity contribution < 1.29 is 20.1 Å². The first-order valence-corrected chi connectivity index (χ1v) is 5.84. The van der Waals surface area contributed by atoms with Crippen LogP contribution in [0.1, 0.15) is 25.0 Å². The fourth-order valence-corrected chi connectivity index (χ4v) is 2.26. The van der Waals surface area contributed by atoms with Gasteiger partial charge in [0.05, 0.1) is 0 Å². The van der Waals surface area contributed by atoms with Gasteiger partial charge in [-0.3, -0.25) is 0 Å². The minimum atomic E-state index is 0. The Morgan fingerprint density at radius 3 is 2.78 bits per heavy atom. The molecule has 1 nitrogen and oxygen atoms in total. The number of pyridine rings is 1. The zero-order valence-corrected chi connectivity index (χ0v) is 12.8. The van der Waals surface area contributed by atoms with Gasteiger partial charge in [-0.25, -0.2) is 0 Å². The van der Waals surface area contributed by atoms with Gasteiger partial charge >= 0.3 is 0 Å². The number of rotatable bonds is 1. The average molecular weight is 413 g/mol. The Hall–Kier alpha value is -1.24. The maximum atomic E-state index is 4.36. The fraction of sp³-hybridized carbons (Fsp3) is 0.188. The summed E-state index contributed by atoms with van der Waals surface area (Å²) in [6, 6.07) is 13.6. The van der Waals surface area contributed by atoms with Crippen LogP contribution in [0, 0.1) is 6.07 Å². The largest absolute Gasteiger partial charge is 0.305 e. The van der Waals surface area contributed by atoms with Crippen molar-refractivity contribution in [3.63, 3.8) is 0 Å². The molecule has 0 atom stereocenters. The van der Waals surface area contributed by atoms with E-state index >= 15 is 0 Å². The normalized spacial score (nSPS) is 15.0. The zero-order valence-electron chi connectivity index (χ0n) is 10.4. The van der Waals surface area contributed by atoms with E-state index in [2.05, 4.69) is 49.2 Å². The number of hydrogen-bond acceptors (Lipinski definition) is 1. The van der Waals surface area contributed by atoms with E-state index in [4.69, 9.17) is 0 Å². The molecule has 1 radical (unpaired) electrons. The van der Waals surface area contributed by atoms with Crippen molar-refractivity contribution in [3.8, 4) is 11.3 Å². The number of allylic oxidation sites excluding steroid dienone is 1. The summed E-state index contributed by atoms with van der Waals surface area (Å²) in [5.74, 6) is 0. The number of fused-ring (bicyclic) bond motifs is 1. The summed E-state index contributed by atoms with van der Waals surface area (Å²) in [6.45, 7) is 4.45. The summed E-state index contributed by atoms with van der Waals surface area (Å²) >= 11 is 0. The summed E-state index contributed by atoms with van der Waals surface area (Å²) in [6.07, 6.45) is 6.25. The van der Waals surface area contributed by atoms with Crippen molar-refractivity contribution in [1.82, 2.24) is 4.98 Å². The van der Waals surface area contributed by atoms with E-state index in [9.17, 15) is 0 Å². The minimum Gasteiger partial charge on any atom is -0.305 e. The van der Waals surface area contributed by atoms with Crippen LogP contribution in [0.3, 0.4) is 0 Å². The average Bonchev–Trinajstić information content (AvgIpc) is 2.66. The van der Waals surface area contributed by atoms with E-state index < -0.39 is 0 Å². The quantitative estimate of drug-likeness (QED) is 0.649.